The first-order valence-electron chi connectivity index (χ1n) is 7.74. The van der Waals surface area contributed by atoms with Crippen LogP contribution >= 0.6 is 0 Å². The molecule has 0 saturated heterocycles. The van der Waals surface area contributed by atoms with E-state index in [1.165, 1.54) is 6.20 Å². The van der Waals surface area contributed by atoms with Gasteiger partial charge in [-0.3, -0.25) is 0 Å². The average molecular weight is 340 g/mol. The van der Waals surface area contributed by atoms with E-state index in [1.807, 2.05) is 18.2 Å². The Bertz CT molecular complexity index is 823. The summed E-state index contributed by atoms with van der Waals surface area (Å²) in [5.74, 6) is 0.979. The van der Waals surface area contributed by atoms with Crippen molar-refractivity contribution in [2.24, 2.45) is 0 Å². The molecule has 6 heteroatoms. The number of rotatable bonds is 6. The summed E-state index contributed by atoms with van der Waals surface area (Å²) in [5, 5.41) is 18.7. The molecule has 3 rings (SSSR count). The van der Waals surface area contributed by atoms with Crippen LogP contribution in [0.25, 0.3) is 11.3 Å². The van der Waals surface area contributed by atoms with Gasteiger partial charge in [0.2, 0.25) is 5.88 Å². The summed E-state index contributed by atoms with van der Waals surface area (Å²) in [6.45, 7) is -0.934. The van der Waals surface area contributed by atoms with Gasteiger partial charge < -0.3 is 14.9 Å². The maximum absolute atomic E-state index is 12.5. The molecule has 0 saturated carbocycles. The van der Waals surface area contributed by atoms with Crippen LogP contribution in [0.4, 0.5) is 4.39 Å². The Labute approximate surface area is 144 Å². The number of hydrogen-bond acceptors (Lipinski definition) is 5. The summed E-state index contributed by atoms with van der Waals surface area (Å²) in [5.41, 5.74) is 2.44. The lowest BCUT2D eigenvalue weighted by atomic mass is 10.1. The van der Waals surface area contributed by atoms with E-state index in [-0.39, 0.29) is 6.61 Å². The minimum absolute atomic E-state index is 0.378. The molecule has 0 radical (unpaired) electrons. The number of hydrogen-bond donors (Lipinski definition) is 2. The normalized spacial score (nSPS) is 12.0. The molecule has 0 spiro atoms. The number of pyridine rings is 2. The lowest BCUT2D eigenvalue weighted by Gasteiger charge is -2.09. The molecule has 0 amide bonds. The van der Waals surface area contributed by atoms with E-state index < -0.39 is 12.8 Å². The van der Waals surface area contributed by atoms with Crippen LogP contribution < -0.4 is 4.74 Å². The van der Waals surface area contributed by atoms with Crippen molar-refractivity contribution in [1.29, 1.82) is 0 Å². The molecule has 0 fully saturated rings. The molecular weight excluding hydrogens is 323 g/mol. The topological polar surface area (TPSA) is 75.5 Å². The molecule has 0 aliphatic carbocycles. The summed E-state index contributed by atoms with van der Waals surface area (Å²) in [6, 6.07) is 15.7. The molecule has 2 N–H and O–H groups in total. The Hall–Kier alpha value is -2.83. The zero-order valence-corrected chi connectivity index (χ0v) is 13.3. The van der Waals surface area contributed by atoms with Crippen LogP contribution in [-0.4, -0.2) is 26.8 Å². The largest absolute Gasteiger partial charge is 0.439 e. The number of ether oxygens (including phenoxy) is 1. The summed E-state index contributed by atoms with van der Waals surface area (Å²) in [7, 11) is 0. The molecule has 2 aromatic heterocycles. The highest BCUT2D eigenvalue weighted by molar-refractivity contribution is 5.60. The number of aliphatic hydroxyl groups excluding tert-OH is 2. The van der Waals surface area contributed by atoms with Crippen LogP contribution in [0.1, 0.15) is 17.4 Å². The fourth-order valence-corrected chi connectivity index (χ4v) is 2.26. The van der Waals surface area contributed by atoms with Crippen LogP contribution in [0.2, 0.25) is 0 Å². The summed E-state index contributed by atoms with van der Waals surface area (Å²) in [6.07, 6.45) is 0.437. The van der Waals surface area contributed by atoms with Crippen molar-refractivity contribution in [3.8, 4) is 22.9 Å². The summed E-state index contributed by atoms with van der Waals surface area (Å²) >= 11 is 0. The second-order valence-electron chi connectivity index (χ2n) is 5.41. The quantitative estimate of drug-likeness (QED) is 0.719. The van der Waals surface area contributed by atoms with Crippen molar-refractivity contribution in [2.75, 3.05) is 6.61 Å². The lowest BCUT2D eigenvalue weighted by molar-refractivity contribution is 0.0923. The van der Waals surface area contributed by atoms with E-state index in [2.05, 4.69) is 9.97 Å². The highest BCUT2D eigenvalue weighted by atomic mass is 19.1. The van der Waals surface area contributed by atoms with Gasteiger partial charge >= 0.3 is 0 Å². The smallest absolute Gasteiger partial charge is 0.219 e. The van der Waals surface area contributed by atoms with E-state index in [9.17, 15) is 9.50 Å². The van der Waals surface area contributed by atoms with Crippen LogP contribution in [-0.2, 0) is 6.67 Å². The molecular formula is C19H17FN2O3. The van der Waals surface area contributed by atoms with Crippen molar-refractivity contribution in [3.63, 3.8) is 0 Å². The Balaban J connectivity index is 1.75. The number of aromatic nitrogens is 2. The molecule has 3 aromatic rings. The first kappa shape index (κ1) is 17.0. The van der Waals surface area contributed by atoms with Gasteiger partial charge in [0.1, 0.15) is 18.5 Å². The van der Waals surface area contributed by atoms with Gasteiger partial charge in [-0.25, -0.2) is 14.4 Å². The monoisotopic (exact) mass is 340 g/mol. The predicted octanol–water partition coefficient (Wildman–Crippen LogP) is 3.43. The number of nitrogens with zero attached hydrogens (tertiary/aromatic N) is 2. The SMILES string of the molecule is OCC(O)c1cccc(-c2ccc(Oc3ccc(CF)cn3)cc2)n1. The van der Waals surface area contributed by atoms with E-state index in [0.29, 0.717) is 28.6 Å². The van der Waals surface area contributed by atoms with Gasteiger partial charge in [-0.05, 0) is 42.5 Å². The average Bonchev–Trinajstić information content (AvgIpc) is 2.68. The molecule has 1 unspecified atom stereocenters. The maximum atomic E-state index is 12.5. The van der Waals surface area contributed by atoms with E-state index >= 15 is 0 Å². The highest BCUT2D eigenvalue weighted by Crippen LogP contribution is 2.25. The highest BCUT2D eigenvalue weighted by Gasteiger charge is 2.09. The zero-order chi connectivity index (χ0) is 17.6. The Morgan fingerprint density at radius 2 is 1.84 bits per heavy atom. The van der Waals surface area contributed by atoms with Crippen molar-refractivity contribution < 1.29 is 19.3 Å². The van der Waals surface area contributed by atoms with Crippen molar-refractivity contribution >= 4 is 0 Å². The third kappa shape index (κ3) is 4.17. The van der Waals surface area contributed by atoms with E-state index in [1.54, 1.807) is 36.4 Å². The third-order valence-electron chi connectivity index (χ3n) is 3.61. The standard InChI is InChI=1S/C19H17FN2O3/c20-10-13-4-9-19(21-11-13)25-15-7-5-14(6-8-15)16-2-1-3-17(22-16)18(24)12-23/h1-9,11,18,23-24H,10,12H2. The van der Waals surface area contributed by atoms with Crippen molar-refractivity contribution in [1.82, 2.24) is 9.97 Å². The molecule has 0 bridgehead atoms. The van der Waals surface area contributed by atoms with Crippen LogP contribution in [0.15, 0.2) is 60.8 Å². The van der Waals surface area contributed by atoms with Gasteiger partial charge in [0.05, 0.1) is 18.0 Å². The molecule has 0 aliphatic heterocycles. The Morgan fingerprint density at radius 3 is 2.48 bits per heavy atom. The van der Waals surface area contributed by atoms with Gasteiger partial charge in [-0.15, -0.1) is 0 Å². The molecule has 2 heterocycles. The summed E-state index contributed by atoms with van der Waals surface area (Å²) in [4.78, 5) is 8.39. The minimum Gasteiger partial charge on any atom is -0.439 e. The number of alkyl halides is 1. The first-order chi connectivity index (χ1) is 12.2. The molecule has 25 heavy (non-hydrogen) atoms. The molecule has 1 atom stereocenters. The number of aliphatic hydroxyl groups is 2. The summed E-state index contributed by atoms with van der Waals surface area (Å²) < 4.78 is 18.1. The third-order valence-corrected chi connectivity index (χ3v) is 3.61. The predicted molar refractivity (Wildman–Crippen MR) is 90.8 cm³/mol. The molecule has 128 valence electrons. The minimum atomic E-state index is -0.999. The van der Waals surface area contributed by atoms with Gasteiger partial charge in [0.25, 0.3) is 0 Å². The second kappa shape index (κ2) is 7.83. The van der Waals surface area contributed by atoms with Gasteiger partial charge in [0.15, 0.2) is 0 Å². The van der Waals surface area contributed by atoms with Crippen LogP contribution in [0.5, 0.6) is 11.6 Å². The van der Waals surface area contributed by atoms with Crippen LogP contribution in [0, 0.1) is 0 Å². The second-order valence-corrected chi connectivity index (χ2v) is 5.41. The van der Waals surface area contributed by atoms with E-state index in [4.69, 9.17) is 9.84 Å². The van der Waals surface area contributed by atoms with Crippen LogP contribution in [0.3, 0.4) is 0 Å². The fourth-order valence-electron chi connectivity index (χ4n) is 2.26. The number of benzene rings is 1. The van der Waals surface area contributed by atoms with E-state index in [0.717, 1.165) is 5.56 Å². The van der Waals surface area contributed by atoms with Gasteiger partial charge in [-0.2, -0.15) is 0 Å². The molecule has 0 aliphatic rings. The van der Waals surface area contributed by atoms with Gasteiger partial charge in [0, 0.05) is 23.4 Å². The van der Waals surface area contributed by atoms with Crippen molar-refractivity contribution in [3.05, 3.63) is 72.1 Å². The lowest BCUT2D eigenvalue weighted by Crippen LogP contribution is -2.05. The Kier molecular flexibility index (Phi) is 5.33. The molecule has 5 nitrogen and oxygen atoms in total. The number of halogens is 1. The van der Waals surface area contributed by atoms with Crippen molar-refractivity contribution in [2.45, 2.75) is 12.8 Å². The van der Waals surface area contributed by atoms with Gasteiger partial charge in [-0.1, -0.05) is 6.07 Å². The zero-order valence-electron chi connectivity index (χ0n) is 13.3. The molecule has 1 aromatic carbocycles. The fraction of sp³-hybridized carbons (Fsp3) is 0.158. The maximum Gasteiger partial charge on any atom is 0.219 e. The Morgan fingerprint density at radius 1 is 1.04 bits per heavy atom. The first-order valence-corrected chi connectivity index (χ1v) is 7.74.